The van der Waals surface area contributed by atoms with Crippen LogP contribution in [-0.2, 0) is 17.1 Å². The molecule has 1 aliphatic heterocycles. The maximum atomic E-state index is 3.19. The Labute approximate surface area is 52.7 Å². The second-order valence-corrected chi connectivity index (χ2v) is 2.16. The van der Waals surface area contributed by atoms with E-state index in [0.717, 1.165) is 0 Å². The van der Waals surface area contributed by atoms with E-state index < -0.39 is 0 Å². The van der Waals surface area contributed by atoms with Crippen LogP contribution in [0.15, 0.2) is 0 Å². The molecule has 1 N–H and O–H groups in total. The van der Waals surface area contributed by atoms with E-state index in [1.165, 1.54) is 18.2 Å². The van der Waals surface area contributed by atoms with Gasteiger partial charge in [-0.25, -0.2) is 0 Å². The Morgan fingerprint density at radius 3 is 2.50 bits per heavy atom. The van der Waals surface area contributed by atoms with Gasteiger partial charge in [0.25, 0.3) is 0 Å². The maximum absolute atomic E-state index is 3.19. The van der Waals surface area contributed by atoms with Crippen LogP contribution in [0.2, 0.25) is 0 Å². The molecule has 0 aliphatic carbocycles. The molecule has 0 atom stereocenters. The van der Waals surface area contributed by atoms with Gasteiger partial charge in [-0.1, -0.05) is 0 Å². The summed E-state index contributed by atoms with van der Waals surface area (Å²) in [5, 5.41) is 3.19. The Morgan fingerprint density at radius 1 is 1.50 bits per heavy atom. The van der Waals surface area contributed by atoms with Crippen LogP contribution >= 0.6 is 11.8 Å². The fraction of sp³-hybridized carbons (Fsp3) is 1.00. The smallest absolute Gasteiger partial charge is 0.0418 e. The van der Waals surface area contributed by atoms with Gasteiger partial charge in [-0.15, -0.1) is 11.8 Å². The quantitative estimate of drug-likeness (QED) is 0.501. The molecule has 1 fully saturated rings. The van der Waals surface area contributed by atoms with E-state index in [9.17, 15) is 0 Å². The van der Waals surface area contributed by atoms with Crippen LogP contribution in [0.3, 0.4) is 0 Å². The van der Waals surface area contributed by atoms with Crippen molar-refractivity contribution in [3.05, 3.63) is 0 Å². The van der Waals surface area contributed by atoms with E-state index in [2.05, 4.69) is 5.32 Å². The van der Waals surface area contributed by atoms with Crippen molar-refractivity contribution in [3.63, 3.8) is 0 Å². The molecular formula is C3H7CuNS. The summed E-state index contributed by atoms with van der Waals surface area (Å²) in [7, 11) is 0. The fourth-order valence-corrected chi connectivity index (χ4v) is 1.08. The first-order valence-corrected chi connectivity index (χ1v) is 2.94. The van der Waals surface area contributed by atoms with Crippen molar-refractivity contribution in [3.8, 4) is 0 Å². The van der Waals surface area contributed by atoms with Gasteiger partial charge in [0.05, 0.1) is 0 Å². The molecule has 0 amide bonds. The van der Waals surface area contributed by atoms with E-state index in [1.807, 2.05) is 11.8 Å². The first-order valence-electron chi connectivity index (χ1n) is 1.78. The van der Waals surface area contributed by atoms with Crippen molar-refractivity contribution in [2.24, 2.45) is 0 Å². The molecular weight excluding hydrogens is 146 g/mol. The SMILES string of the molecule is C1CSCN1.[Cu]. The largest absolute Gasteiger partial charge is 0.307 e. The third-order valence-electron chi connectivity index (χ3n) is 0.627. The van der Waals surface area contributed by atoms with E-state index in [0.29, 0.717) is 0 Å². The van der Waals surface area contributed by atoms with Gasteiger partial charge in [-0.3, -0.25) is 0 Å². The van der Waals surface area contributed by atoms with Gasteiger partial charge in [-0.05, 0) is 0 Å². The van der Waals surface area contributed by atoms with Crippen molar-refractivity contribution < 1.29 is 17.1 Å². The normalized spacial score (nSPS) is 20.0. The van der Waals surface area contributed by atoms with Crippen LogP contribution in [0, 0.1) is 0 Å². The number of thioether (sulfide) groups is 1. The first-order chi connectivity index (χ1) is 2.50. The Balaban J connectivity index is 0.000000250. The Bertz CT molecular complexity index is 22.4. The van der Waals surface area contributed by atoms with Gasteiger partial charge >= 0.3 is 0 Å². The van der Waals surface area contributed by atoms with E-state index in [-0.39, 0.29) is 17.1 Å². The molecule has 3 heteroatoms. The minimum atomic E-state index is 0. The molecule has 0 unspecified atom stereocenters. The van der Waals surface area contributed by atoms with Crippen LogP contribution < -0.4 is 5.32 Å². The molecule has 1 heterocycles. The maximum Gasteiger partial charge on any atom is 0.0418 e. The van der Waals surface area contributed by atoms with Crippen molar-refractivity contribution in [1.29, 1.82) is 0 Å². The molecule has 1 radical (unpaired) electrons. The molecule has 41 valence electrons. The number of nitrogens with one attached hydrogen (secondary N) is 1. The third kappa shape index (κ3) is 2.08. The number of hydrogen-bond donors (Lipinski definition) is 1. The van der Waals surface area contributed by atoms with Crippen molar-refractivity contribution in [2.45, 2.75) is 0 Å². The molecule has 6 heavy (non-hydrogen) atoms. The van der Waals surface area contributed by atoms with Crippen molar-refractivity contribution in [2.75, 3.05) is 18.2 Å². The summed E-state index contributed by atoms with van der Waals surface area (Å²) in [5.74, 6) is 2.47. The van der Waals surface area contributed by atoms with E-state index in [4.69, 9.17) is 0 Å². The van der Waals surface area contributed by atoms with E-state index >= 15 is 0 Å². The molecule has 0 aromatic rings. The molecule has 0 bridgehead atoms. The zero-order valence-corrected chi connectivity index (χ0v) is 5.09. The molecule has 0 spiro atoms. The molecule has 0 aromatic heterocycles. The molecule has 1 aliphatic rings. The summed E-state index contributed by atoms with van der Waals surface area (Å²) in [6, 6.07) is 0. The number of hydrogen-bond acceptors (Lipinski definition) is 2. The molecule has 1 rings (SSSR count). The molecule has 1 saturated heterocycles. The summed E-state index contributed by atoms with van der Waals surface area (Å²) in [5.41, 5.74) is 0. The fourth-order valence-electron chi connectivity index (χ4n) is 0.361. The Morgan fingerprint density at radius 2 is 2.33 bits per heavy atom. The molecule has 0 aromatic carbocycles. The Kier molecular flexibility index (Phi) is 4.55. The van der Waals surface area contributed by atoms with Crippen LogP contribution in [0.5, 0.6) is 0 Å². The van der Waals surface area contributed by atoms with Gasteiger partial charge in [0.15, 0.2) is 0 Å². The summed E-state index contributed by atoms with van der Waals surface area (Å²) in [6.45, 7) is 1.21. The summed E-state index contributed by atoms with van der Waals surface area (Å²) in [6.07, 6.45) is 0. The van der Waals surface area contributed by atoms with Crippen LogP contribution in [-0.4, -0.2) is 18.2 Å². The molecule has 1 nitrogen and oxygen atoms in total. The topological polar surface area (TPSA) is 12.0 Å². The summed E-state index contributed by atoms with van der Waals surface area (Å²) in [4.78, 5) is 0. The van der Waals surface area contributed by atoms with Crippen LogP contribution in [0.1, 0.15) is 0 Å². The zero-order valence-electron chi connectivity index (χ0n) is 3.33. The van der Waals surface area contributed by atoms with Gasteiger partial charge in [-0.2, -0.15) is 0 Å². The zero-order chi connectivity index (χ0) is 3.54. The second-order valence-electron chi connectivity index (χ2n) is 1.05. The Hall–Kier alpha value is 0.829. The predicted octanol–water partition coefficient (Wildman–Crippen LogP) is 0.278. The standard InChI is InChI=1S/C3H7NS.Cu/c1-2-5-3-4-1;/h4H,1-3H2;. The van der Waals surface area contributed by atoms with Gasteiger partial charge < -0.3 is 5.32 Å². The average molecular weight is 153 g/mol. The number of rotatable bonds is 0. The van der Waals surface area contributed by atoms with Crippen LogP contribution in [0.25, 0.3) is 0 Å². The minimum Gasteiger partial charge on any atom is -0.307 e. The van der Waals surface area contributed by atoms with Crippen LogP contribution in [0.4, 0.5) is 0 Å². The molecule has 0 saturated carbocycles. The summed E-state index contributed by atoms with van der Waals surface area (Å²) < 4.78 is 0. The summed E-state index contributed by atoms with van der Waals surface area (Å²) >= 11 is 1.96. The van der Waals surface area contributed by atoms with Gasteiger partial charge in [0.1, 0.15) is 0 Å². The van der Waals surface area contributed by atoms with Gasteiger partial charge in [0, 0.05) is 35.2 Å². The monoisotopic (exact) mass is 152 g/mol. The third-order valence-corrected chi connectivity index (χ3v) is 1.53. The van der Waals surface area contributed by atoms with Crippen molar-refractivity contribution >= 4 is 11.8 Å². The second kappa shape index (κ2) is 4.00. The first kappa shape index (κ1) is 6.83. The van der Waals surface area contributed by atoms with Gasteiger partial charge in [0.2, 0.25) is 0 Å². The van der Waals surface area contributed by atoms with E-state index in [1.54, 1.807) is 0 Å². The average Bonchev–Trinajstić information content (AvgIpc) is 1.76. The van der Waals surface area contributed by atoms with Crippen molar-refractivity contribution in [1.82, 2.24) is 5.32 Å². The minimum absolute atomic E-state index is 0. The predicted molar refractivity (Wildman–Crippen MR) is 25.3 cm³/mol.